The Bertz CT molecular complexity index is 1380. The molecule has 0 saturated carbocycles. The van der Waals surface area contributed by atoms with E-state index in [4.69, 9.17) is 19.9 Å². The smallest absolute Gasteiger partial charge is 0.279 e. The predicted octanol–water partition coefficient (Wildman–Crippen LogP) is 3.79. The van der Waals surface area contributed by atoms with Crippen LogP contribution in [0.2, 0.25) is 0 Å². The van der Waals surface area contributed by atoms with E-state index in [1.165, 1.54) is 30.3 Å². The van der Waals surface area contributed by atoms with E-state index >= 15 is 0 Å². The van der Waals surface area contributed by atoms with E-state index in [2.05, 4.69) is 5.32 Å². The first-order valence-corrected chi connectivity index (χ1v) is 12.7. The monoisotopic (exact) mass is 545 g/mol. The highest BCUT2D eigenvalue weighted by molar-refractivity contribution is 5.99. The van der Waals surface area contributed by atoms with Crippen molar-refractivity contribution < 1.29 is 28.2 Å². The molecule has 8 nitrogen and oxygen atoms in total. The summed E-state index contributed by atoms with van der Waals surface area (Å²) in [6.45, 7) is 0.290. The average molecular weight is 546 g/mol. The van der Waals surface area contributed by atoms with Crippen LogP contribution < -0.4 is 11.1 Å². The van der Waals surface area contributed by atoms with Crippen LogP contribution in [0.1, 0.15) is 16.7 Å². The molecule has 0 bridgehead atoms. The fourth-order valence-electron chi connectivity index (χ4n) is 4.33. The highest BCUT2D eigenvalue weighted by Crippen LogP contribution is 2.34. The van der Waals surface area contributed by atoms with Gasteiger partial charge in [-0.2, -0.15) is 0 Å². The summed E-state index contributed by atoms with van der Waals surface area (Å²) in [7, 11) is 3.11. The number of carbonyl (C=O) groups is 2. The molecule has 40 heavy (non-hydrogen) atoms. The van der Waals surface area contributed by atoms with Crippen LogP contribution in [0.3, 0.4) is 0 Å². The Morgan fingerprint density at radius 3 is 2.05 bits per heavy atom. The number of halogens is 1. The Balaban J connectivity index is 1.71. The highest BCUT2D eigenvalue weighted by Gasteiger charge is 2.49. The number of nitrogens with zero attached hydrogens (tertiary/aromatic N) is 1. The zero-order valence-corrected chi connectivity index (χ0v) is 22.4. The molecule has 0 spiro atoms. The third kappa shape index (κ3) is 6.56. The van der Waals surface area contributed by atoms with Gasteiger partial charge < -0.3 is 30.2 Å². The predicted molar refractivity (Wildman–Crippen MR) is 147 cm³/mol. The Morgan fingerprint density at radius 1 is 0.875 bits per heavy atom. The summed E-state index contributed by atoms with van der Waals surface area (Å²) in [6.07, 6.45) is 1.41. The van der Waals surface area contributed by atoms with E-state index in [9.17, 15) is 14.0 Å². The van der Waals surface area contributed by atoms with Crippen molar-refractivity contribution in [3.63, 3.8) is 0 Å². The lowest BCUT2D eigenvalue weighted by Crippen LogP contribution is -2.59. The summed E-state index contributed by atoms with van der Waals surface area (Å²) in [5.41, 5.74) is 6.97. The normalized spacial score (nSPS) is 16.6. The van der Waals surface area contributed by atoms with Crippen molar-refractivity contribution in [1.82, 2.24) is 10.2 Å². The molecule has 2 amide bonds. The molecule has 0 aliphatic carbocycles. The van der Waals surface area contributed by atoms with Crippen molar-refractivity contribution in [2.24, 2.45) is 5.73 Å². The molecule has 0 radical (unpaired) electrons. The van der Waals surface area contributed by atoms with Crippen LogP contribution in [0.4, 0.5) is 4.39 Å². The van der Waals surface area contributed by atoms with Gasteiger partial charge in [-0.3, -0.25) is 9.59 Å². The van der Waals surface area contributed by atoms with Crippen LogP contribution in [0.5, 0.6) is 0 Å². The standard InChI is InChI=1S/C31H32FN3O5/c1-35(18-22-13-15-25(32)16-14-22)29(36)26-17-34-31(30(33)37,40-20-24-11-7-4-8-12-24)28(27(26)21-38-2)39-19-23-9-5-3-6-10-23/h3-17,34H,18-21H2,1-2H3,(H2,33,37). The second-order valence-electron chi connectivity index (χ2n) is 9.32. The number of amides is 2. The molecule has 208 valence electrons. The van der Waals surface area contributed by atoms with Gasteiger partial charge in [-0.05, 0) is 28.8 Å². The summed E-state index contributed by atoms with van der Waals surface area (Å²) in [5, 5.41) is 2.94. The summed E-state index contributed by atoms with van der Waals surface area (Å²) in [5.74, 6) is -1.53. The number of benzene rings is 3. The Labute approximate surface area is 232 Å². The number of rotatable bonds is 12. The second kappa shape index (κ2) is 13.1. The number of nitrogens with two attached hydrogens (primary N) is 1. The number of methoxy groups -OCH3 is 1. The number of carbonyl (C=O) groups excluding carboxylic acids is 2. The lowest BCUT2D eigenvalue weighted by molar-refractivity contribution is -0.151. The lowest BCUT2D eigenvalue weighted by Gasteiger charge is -2.38. The molecule has 3 aromatic rings. The van der Waals surface area contributed by atoms with Crippen LogP contribution >= 0.6 is 0 Å². The fourth-order valence-corrected chi connectivity index (χ4v) is 4.33. The van der Waals surface area contributed by atoms with E-state index < -0.39 is 11.6 Å². The molecule has 1 aliphatic rings. The minimum Gasteiger partial charge on any atom is -0.487 e. The first kappa shape index (κ1) is 28.5. The fraction of sp³-hybridized carbons (Fsp3) is 0.226. The molecular formula is C31H32FN3O5. The number of ether oxygens (including phenoxy) is 3. The maximum absolute atomic E-state index is 13.7. The van der Waals surface area contributed by atoms with Crippen molar-refractivity contribution in [1.29, 1.82) is 0 Å². The summed E-state index contributed by atoms with van der Waals surface area (Å²) in [4.78, 5) is 28.2. The van der Waals surface area contributed by atoms with Crippen molar-refractivity contribution in [2.75, 3.05) is 20.8 Å². The van der Waals surface area contributed by atoms with E-state index in [0.717, 1.165) is 16.7 Å². The maximum Gasteiger partial charge on any atom is 0.279 e. The van der Waals surface area contributed by atoms with Crippen molar-refractivity contribution in [2.45, 2.75) is 25.5 Å². The number of hydrogen-bond acceptors (Lipinski definition) is 6. The van der Waals surface area contributed by atoms with Gasteiger partial charge in [-0.1, -0.05) is 72.8 Å². The Kier molecular flexibility index (Phi) is 9.31. The van der Waals surface area contributed by atoms with Gasteiger partial charge in [0, 0.05) is 32.5 Å². The molecule has 0 fully saturated rings. The molecule has 1 atom stereocenters. The van der Waals surface area contributed by atoms with Crippen molar-refractivity contribution in [3.8, 4) is 0 Å². The average Bonchev–Trinajstić information content (AvgIpc) is 2.97. The number of primary amides is 1. The Morgan fingerprint density at radius 2 is 1.48 bits per heavy atom. The summed E-state index contributed by atoms with van der Waals surface area (Å²) >= 11 is 0. The third-order valence-corrected chi connectivity index (χ3v) is 6.41. The first-order chi connectivity index (χ1) is 19.3. The molecule has 1 aliphatic heterocycles. The van der Waals surface area contributed by atoms with Gasteiger partial charge in [0.2, 0.25) is 0 Å². The van der Waals surface area contributed by atoms with Gasteiger partial charge >= 0.3 is 0 Å². The molecule has 1 heterocycles. The number of likely N-dealkylation sites (N-methyl/N-ethyl adjacent to an activating group) is 1. The zero-order valence-electron chi connectivity index (χ0n) is 22.4. The highest BCUT2D eigenvalue weighted by atomic mass is 19.1. The molecule has 3 N–H and O–H groups in total. The Hall–Kier alpha value is -4.47. The molecule has 9 heteroatoms. The second-order valence-corrected chi connectivity index (χ2v) is 9.32. The quantitative estimate of drug-likeness (QED) is 0.359. The largest absolute Gasteiger partial charge is 0.487 e. The molecular weight excluding hydrogens is 513 g/mol. The van der Waals surface area contributed by atoms with E-state index in [1.807, 2.05) is 60.7 Å². The maximum atomic E-state index is 13.7. The van der Waals surface area contributed by atoms with Crippen LogP contribution in [0.15, 0.2) is 108 Å². The summed E-state index contributed by atoms with van der Waals surface area (Å²) in [6, 6.07) is 24.6. The number of nitrogens with one attached hydrogen (secondary N) is 1. The van der Waals surface area contributed by atoms with Gasteiger partial charge in [-0.15, -0.1) is 0 Å². The summed E-state index contributed by atoms with van der Waals surface area (Å²) < 4.78 is 31.3. The minimum absolute atomic E-state index is 0.0385. The number of hydrogen-bond donors (Lipinski definition) is 2. The van der Waals surface area contributed by atoms with Crippen LogP contribution in [-0.2, 0) is 43.6 Å². The SMILES string of the molecule is COCC1=C(OCc2ccccc2)C(OCc2ccccc2)(C(N)=O)NC=C1C(=O)N(C)Cc1ccc(F)cc1. The van der Waals surface area contributed by atoms with Gasteiger partial charge in [0.25, 0.3) is 17.5 Å². The van der Waals surface area contributed by atoms with E-state index in [0.29, 0.717) is 5.57 Å². The first-order valence-electron chi connectivity index (χ1n) is 12.7. The molecule has 0 aromatic heterocycles. The molecule has 1 unspecified atom stereocenters. The van der Waals surface area contributed by atoms with Gasteiger partial charge in [0.05, 0.1) is 18.8 Å². The van der Waals surface area contributed by atoms with Crippen LogP contribution in [0.25, 0.3) is 0 Å². The van der Waals surface area contributed by atoms with Crippen LogP contribution in [0, 0.1) is 5.82 Å². The molecule has 4 rings (SSSR count). The van der Waals surface area contributed by atoms with Gasteiger partial charge in [-0.25, -0.2) is 4.39 Å². The van der Waals surface area contributed by atoms with E-state index in [1.54, 1.807) is 19.2 Å². The zero-order chi connectivity index (χ0) is 28.5. The molecule has 3 aromatic carbocycles. The van der Waals surface area contributed by atoms with Crippen LogP contribution in [-0.4, -0.2) is 43.2 Å². The van der Waals surface area contributed by atoms with Crippen molar-refractivity contribution >= 4 is 11.8 Å². The molecule has 0 saturated heterocycles. The van der Waals surface area contributed by atoms with E-state index in [-0.39, 0.29) is 49.4 Å². The lowest BCUT2D eigenvalue weighted by atomic mass is 9.94. The van der Waals surface area contributed by atoms with Gasteiger partial charge in [0.1, 0.15) is 12.4 Å². The topological polar surface area (TPSA) is 103 Å². The van der Waals surface area contributed by atoms with Gasteiger partial charge in [0.15, 0.2) is 5.76 Å². The van der Waals surface area contributed by atoms with Crippen molar-refractivity contribution in [3.05, 3.63) is 131 Å². The minimum atomic E-state index is -1.90. The number of dihydropyridines is 1. The third-order valence-electron chi connectivity index (χ3n) is 6.41.